The average Bonchev–Trinajstić information content (AvgIpc) is 2.26. The van der Waals surface area contributed by atoms with Crippen LogP contribution in [0, 0.1) is 11.8 Å². The Kier molecular flexibility index (Phi) is 5.44. The van der Waals surface area contributed by atoms with Crippen LogP contribution in [0.2, 0.25) is 0 Å². The molecule has 1 amide bonds. The van der Waals surface area contributed by atoms with Crippen molar-refractivity contribution in [3.05, 3.63) is 0 Å². The number of nitrogens with one attached hydrogen (secondary N) is 1. The van der Waals surface area contributed by atoms with E-state index in [0.717, 1.165) is 38.6 Å². The van der Waals surface area contributed by atoms with E-state index < -0.39 is 0 Å². The van der Waals surface area contributed by atoms with E-state index in [9.17, 15) is 4.79 Å². The molecule has 0 aromatic rings. The fourth-order valence-electron chi connectivity index (χ4n) is 1.93. The molecule has 0 saturated heterocycles. The van der Waals surface area contributed by atoms with E-state index in [4.69, 9.17) is 11.6 Å². The summed E-state index contributed by atoms with van der Waals surface area (Å²) in [6.07, 6.45) is 5.45. The summed E-state index contributed by atoms with van der Waals surface area (Å²) in [7, 11) is 0. The number of carbonyl (C=O) groups is 1. The van der Waals surface area contributed by atoms with Gasteiger partial charge in [0.2, 0.25) is 5.91 Å². The Labute approximate surface area is 97.8 Å². The smallest absolute Gasteiger partial charge is 0.222 e. The summed E-state index contributed by atoms with van der Waals surface area (Å²) in [5.41, 5.74) is 0. The molecule has 88 valence electrons. The lowest BCUT2D eigenvalue weighted by molar-refractivity contribution is -0.124. The van der Waals surface area contributed by atoms with Gasteiger partial charge in [0.05, 0.1) is 0 Å². The number of hydrogen-bond acceptors (Lipinski definition) is 1. The Morgan fingerprint density at radius 2 is 2.00 bits per heavy atom. The van der Waals surface area contributed by atoms with Gasteiger partial charge in [0, 0.05) is 17.8 Å². The molecule has 1 aliphatic carbocycles. The van der Waals surface area contributed by atoms with Crippen LogP contribution < -0.4 is 5.32 Å². The second-order valence-corrected chi connectivity index (χ2v) is 5.29. The van der Waals surface area contributed by atoms with E-state index in [-0.39, 0.29) is 11.8 Å². The van der Waals surface area contributed by atoms with Gasteiger partial charge in [-0.15, -0.1) is 11.6 Å². The molecule has 1 unspecified atom stereocenters. The monoisotopic (exact) mass is 231 g/mol. The summed E-state index contributed by atoms with van der Waals surface area (Å²) in [5.74, 6) is 0.993. The lowest BCUT2D eigenvalue weighted by atomic mass is 9.89. The van der Waals surface area contributed by atoms with E-state index in [1.165, 1.54) is 0 Å². The largest absolute Gasteiger partial charge is 0.356 e. The first-order valence-electron chi connectivity index (χ1n) is 6.05. The maximum atomic E-state index is 11.5. The maximum Gasteiger partial charge on any atom is 0.222 e. The number of alkyl halides is 1. The third-order valence-corrected chi connectivity index (χ3v) is 3.84. The molecule has 1 rings (SSSR count). The van der Waals surface area contributed by atoms with Gasteiger partial charge in [0.15, 0.2) is 0 Å². The van der Waals surface area contributed by atoms with Gasteiger partial charge >= 0.3 is 0 Å². The van der Waals surface area contributed by atoms with Gasteiger partial charge < -0.3 is 5.32 Å². The molecule has 15 heavy (non-hydrogen) atoms. The van der Waals surface area contributed by atoms with Crippen molar-refractivity contribution >= 4 is 17.5 Å². The molecule has 1 saturated carbocycles. The summed E-state index contributed by atoms with van der Waals surface area (Å²) in [6.45, 7) is 4.86. The van der Waals surface area contributed by atoms with Crippen LogP contribution in [0.5, 0.6) is 0 Å². The first kappa shape index (κ1) is 12.8. The van der Waals surface area contributed by atoms with Crippen molar-refractivity contribution in [2.24, 2.45) is 11.8 Å². The van der Waals surface area contributed by atoms with Crippen LogP contribution in [-0.4, -0.2) is 17.8 Å². The Morgan fingerprint density at radius 1 is 1.40 bits per heavy atom. The van der Waals surface area contributed by atoms with Crippen LogP contribution in [0.1, 0.15) is 46.0 Å². The molecule has 0 aromatic carbocycles. The number of amides is 1. The van der Waals surface area contributed by atoms with Crippen LogP contribution in [0.3, 0.4) is 0 Å². The molecule has 0 bridgehead atoms. The van der Waals surface area contributed by atoms with Crippen LogP contribution in [0.4, 0.5) is 0 Å². The fourth-order valence-corrected chi connectivity index (χ4v) is 2.18. The summed E-state index contributed by atoms with van der Waals surface area (Å²) in [5, 5.41) is 3.40. The van der Waals surface area contributed by atoms with Crippen LogP contribution >= 0.6 is 11.6 Å². The second kappa shape index (κ2) is 6.37. The molecule has 0 aromatic heterocycles. The number of rotatable bonds is 4. The van der Waals surface area contributed by atoms with Gasteiger partial charge in [0.1, 0.15) is 0 Å². The lowest BCUT2D eigenvalue weighted by Gasteiger charge is -2.25. The van der Waals surface area contributed by atoms with Crippen molar-refractivity contribution in [3.63, 3.8) is 0 Å². The zero-order chi connectivity index (χ0) is 11.3. The molecular weight excluding hydrogens is 210 g/mol. The van der Waals surface area contributed by atoms with Crippen molar-refractivity contribution in [1.82, 2.24) is 5.32 Å². The standard InChI is InChI=1S/C12H22ClNO/c1-3-9(2)12(15)14-8-10-4-6-11(13)7-5-10/h9-11H,3-8H2,1-2H3,(H,14,15). The molecule has 1 atom stereocenters. The molecule has 0 heterocycles. The van der Waals surface area contributed by atoms with Crippen LogP contribution in [0.25, 0.3) is 0 Å². The van der Waals surface area contributed by atoms with Gasteiger partial charge in [-0.05, 0) is 38.0 Å². The number of carbonyl (C=O) groups excluding carboxylic acids is 1. The highest BCUT2D eigenvalue weighted by atomic mass is 35.5. The third kappa shape index (κ3) is 4.42. The average molecular weight is 232 g/mol. The van der Waals surface area contributed by atoms with Crippen molar-refractivity contribution < 1.29 is 4.79 Å². The summed E-state index contributed by atoms with van der Waals surface area (Å²) >= 11 is 6.03. The minimum Gasteiger partial charge on any atom is -0.356 e. The highest BCUT2D eigenvalue weighted by Crippen LogP contribution is 2.26. The van der Waals surface area contributed by atoms with Gasteiger partial charge in [-0.25, -0.2) is 0 Å². The van der Waals surface area contributed by atoms with Crippen molar-refractivity contribution in [3.8, 4) is 0 Å². The number of halogens is 1. The zero-order valence-electron chi connectivity index (χ0n) is 9.76. The van der Waals surface area contributed by atoms with E-state index in [1.807, 2.05) is 13.8 Å². The number of hydrogen-bond donors (Lipinski definition) is 1. The quantitative estimate of drug-likeness (QED) is 0.741. The summed E-state index contributed by atoms with van der Waals surface area (Å²) in [4.78, 5) is 11.5. The molecule has 1 aliphatic rings. The van der Waals surface area contributed by atoms with Crippen LogP contribution in [-0.2, 0) is 4.79 Å². The molecule has 0 spiro atoms. The van der Waals surface area contributed by atoms with Gasteiger partial charge in [0.25, 0.3) is 0 Å². The predicted molar refractivity (Wildman–Crippen MR) is 64.1 cm³/mol. The van der Waals surface area contributed by atoms with Crippen molar-refractivity contribution in [2.45, 2.75) is 51.3 Å². The van der Waals surface area contributed by atoms with E-state index in [0.29, 0.717) is 11.3 Å². The van der Waals surface area contributed by atoms with E-state index >= 15 is 0 Å². The molecule has 3 heteroatoms. The Balaban J connectivity index is 2.17. The topological polar surface area (TPSA) is 29.1 Å². The minimum atomic E-state index is 0.148. The summed E-state index contributed by atoms with van der Waals surface area (Å²) in [6, 6.07) is 0. The van der Waals surface area contributed by atoms with Gasteiger partial charge in [-0.3, -0.25) is 4.79 Å². The molecule has 0 radical (unpaired) electrons. The third-order valence-electron chi connectivity index (χ3n) is 3.40. The van der Waals surface area contributed by atoms with E-state index in [2.05, 4.69) is 5.32 Å². The van der Waals surface area contributed by atoms with Gasteiger partial charge in [-0.1, -0.05) is 13.8 Å². The fraction of sp³-hybridized carbons (Fsp3) is 0.917. The molecule has 1 fully saturated rings. The SMILES string of the molecule is CCC(C)C(=O)NCC1CCC(Cl)CC1. The predicted octanol–water partition coefficient (Wildman–Crippen LogP) is 2.95. The molecule has 1 N–H and O–H groups in total. The highest BCUT2D eigenvalue weighted by Gasteiger charge is 2.20. The molecule has 0 aliphatic heterocycles. The molecular formula is C12H22ClNO. The second-order valence-electron chi connectivity index (χ2n) is 4.67. The Bertz CT molecular complexity index is 200. The van der Waals surface area contributed by atoms with Crippen molar-refractivity contribution in [2.75, 3.05) is 6.54 Å². The minimum absolute atomic E-state index is 0.148. The summed E-state index contributed by atoms with van der Waals surface area (Å²) < 4.78 is 0. The van der Waals surface area contributed by atoms with Crippen molar-refractivity contribution in [1.29, 1.82) is 0 Å². The Morgan fingerprint density at radius 3 is 2.53 bits per heavy atom. The van der Waals surface area contributed by atoms with Crippen LogP contribution in [0.15, 0.2) is 0 Å². The van der Waals surface area contributed by atoms with E-state index in [1.54, 1.807) is 0 Å². The maximum absolute atomic E-state index is 11.5. The normalized spacial score (nSPS) is 28.5. The molecule has 2 nitrogen and oxygen atoms in total. The van der Waals surface area contributed by atoms with Gasteiger partial charge in [-0.2, -0.15) is 0 Å². The lowest BCUT2D eigenvalue weighted by Crippen LogP contribution is -2.34. The Hall–Kier alpha value is -0.240. The first-order valence-corrected chi connectivity index (χ1v) is 6.48. The zero-order valence-corrected chi connectivity index (χ0v) is 10.5. The highest BCUT2D eigenvalue weighted by molar-refractivity contribution is 6.20. The first-order chi connectivity index (χ1) is 7.13.